The lowest BCUT2D eigenvalue weighted by molar-refractivity contribution is -0.140. The molecule has 0 aromatic heterocycles. The number of aliphatic hydroxyl groups is 1. The van der Waals surface area contributed by atoms with E-state index in [0.29, 0.717) is 18.6 Å². The van der Waals surface area contributed by atoms with Crippen LogP contribution in [-0.2, 0) is 24.3 Å². The van der Waals surface area contributed by atoms with E-state index in [1.165, 1.54) is 4.31 Å². The second-order valence-corrected chi connectivity index (χ2v) is 8.11. The van der Waals surface area contributed by atoms with Crippen molar-refractivity contribution in [3.8, 4) is 0 Å². The van der Waals surface area contributed by atoms with Gasteiger partial charge >= 0.3 is 11.8 Å². The first-order chi connectivity index (χ1) is 12.8. The molecule has 0 radical (unpaired) electrons. The number of rotatable bonds is 6. The van der Waals surface area contributed by atoms with Crippen LogP contribution < -0.4 is 10.6 Å². The van der Waals surface area contributed by atoms with Crippen LogP contribution in [0, 0.1) is 13.8 Å². The van der Waals surface area contributed by atoms with E-state index in [-0.39, 0.29) is 31.1 Å². The van der Waals surface area contributed by atoms with E-state index in [1.807, 2.05) is 13.0 Å². The Hall–Kier alpha value is -2.01. The molecule has 0 aliphatic carbocycles. The van der Waals surface area contributed by atoms with Gasteiger partial charge in [0.2, 0.25) is 10.0 Å². The van der Waals surface area contributed by atoms with E-state index in [0.717, 1.165) is 5.56 Å². The van der Waals surface area contributed by atoms with Gasteiger partial charge in [-0.15, -0.1) is 0 Å². The normalized spacial score (nSPS) is 18.1. The summed E-state index contributed by atoms with van der Waals surface area (Å²) in [5.74, 6) is -1.81. The van der Waals surface area contributed by atoms with Gasteiger partial charge in [-0.2, -0.15) is 4.31 Å². The molecule has 27 heavy (non-hydrogen) atoms. The lowest BCUT2D eigenvalue weighted by atomic mass is 10.2. The van der Waals surface area contributed by atoms with Crippen molar-refractivity contribution in [1.82, 2.24) is 14.9 Å². The van der Waals surface area contributed by atoms with E-state index < -0.39 is 28.1 Å². The Bertz CT molecular complexity index is 796. The van der Waals surface area contributed by atoms with Gasteiger partial charge in [0.15, 0.2) is 0 Å². The number of amides is 2. The number of aliphatic hydroxyl groups excluding tert-OH is 1. The van der Waals surface area contributed by atoms with Crippen LogP contribution in [0.4, 0.5) is 0 Å². The highest BCUT2D eigenvalue weighted by molar-refractivity contribution is 7.89. The summed E-state index contributed by atoms with van der Waals surface area (Å²) in [5, 5.41) is 13.3. The summed E-state index contributed by atoms with van der Waals surface area (Å²) in [5.41, 5.74) is 1.44. The molecule has 150 valence electrons. The Morgan fingerprint density at radius 1 is 1.26 bits per heavy atom. The fourth-order valence-electron chi connectivity index (χ4n) is 2.72. The number of nitrogens with zero attached hydrogens (tertiary/aromatic N) is 1. The molecule has 2 amide bonds. The summed E-state index contributed by atoms with van der Waals surface area (Å²) in [7, 11) is -3.82. The van der Waals surface area contributed by atoms with Crippen molar-refractivity contribution >= 4 is 21.8 Å². The maximum atomic E-state index is 13.1. The van der Waals surface area contributed by atoms with Gasteiger partial charge in [0.05, 0.1) is 24.7 Å². The maximum Gasteiger partial charge on any atom is 0.309 e. The Balaban J connectivity index is 2.13. The molecule has 2 rings (SSSR count). The van der Waals surface area contributed by atoms with Crippen molar-refractivity contribution in [2.45, 2.75) is 31.4 Å². The molecule has 1 heterocycles. The number of sulfonamides is 1. The molecule has 1 aliphatic rings. The number of nitrogens with one attached hydrogen (secondary N) is 2. The van der Waals surface area contributed by atoms with E-state index in [2.05, 4.69) is 10.6 Å². The first-order valence-electron chi connectivity index (χ1n) is 8.65. The van der Waals surface area contributed by atoms with Crippen LogP contribution in [0.5, 0.6) is 0 Å². The van der Waals surface area contributed by atoms with Crippen LogP contribution in [0.25, 0.3) is 0 Å². The summed E-state index contributed by atoms with van der Waals surface area (Å²) >= 11 is 0. The van der Waals surface area contributed by atoms with Crippen LogP contribution in [0.15, 0.2) is 23.1 Å². The van der Waals surface area contributed by atoms with Gasteiger partial charge in [0.1, 0.15) is 6.23 Å². The molecule has 3 N–H and O–H groups in total. The van der Waals surface area contributed by atoms with Gasteiger partial charge in [-0.25, -0.2) is 8.42 Å². The zero-order valence-corrected chi connectivity index (χ0v) is 16.2. The largest absolute Gasteiger partial charge is 0.395 e. The fraction of sp³-hybridized carbons (Fsp3) is 0.529. The van der Waals surface area contributed by atoms with Crippen molar-refractivity contribution in [3.63, 3.8) is 0 Å². The average molecular weight is 399 g/mol. The third-order valence-corrected chi connectivity index (χ3v) is 6.16. The Morgan fingerprint density at radius 2 is 1.96 bits per heavy atom. The van der Waals surface area contributed by atoms with Crippen molar-refractivity contribution in [3.05, 3.63) is 29.3 Å². The smallest absolute Gasteiger partial charge is 0.309 e. The topological polar surface area (TPSA) is 125 Å². The SMILES string of the molecule is Cc1ccc(C)c(S(=O)(=O)N2CCCOC2CNC(=O)C(=O)NCCO)c1. The van der Waals surface area contributed by atoms with Gasteiger partial charge in [0.25, 0.3) is 0 Å². The molecule has 1 aromatic carbocycles. The number of hydrogen-bond donors (Lipinski definition) is 3. The minimum atomic E-state index is -3.82. The maximum absolute atomic E-state index is 13.1. The van der Waals surface area contributed by atoms with Gasteiger partial charge in [-0.3, -0.25) is 9.59 Å². The second kappa shape index (κ2) is 9.27. The number of benzene rings is 1. The van der Waals surface area contributed by atoms with Gasteiger partial charge in [0, 0.05) is 13.1 Å². The summed E-state index contributed by atoms with van der Waals surface area (Å²) in [4.78, 5) is 23.5. The van der Waals surface area contributed by atoms with Crippen molar-refractivity contribution in [2.75, 3.05) is 32.8 Å². The summed E-state index contributed by atoms with van der Waals surface area (Å²) in [6, 6.07) is 5.19. The van der Waals surface area contributed by atoms with E-state index >= 15 is 0 Å². The van der Waals surface area contributed by atoms with Crippen LogP contribution in [0.1, 0.15) is 17.5 Å². The highest BCUT2D eigenvalue weighted by atomic mass is 32.2. The lowest BCUT2D eigenvalue weighted by Gasteiger charge is -2.35. The molecule has 0 bridgehead atoms. The molecular weight excluding hydrogens is 374 g/mol. The standard InChI is InChI=1S/C17H25N3O6S/c1-12-4-5-13(2)14(10-12)27(24,25)20-7-3-9-26-15(20)11-19-17(23)16(22)18-6-8-21/h4-5,10,15,21H,3,6-9,11H2,1-2H3,(H,18,22)(H,19,23). The van der Waals surface area contributed by atoms with Gasteiger partial charge < -0.3 is 20.5 Å². The first kappa shape index (κ1) is 21.3. The predicted molar refractivity (Wildman–Crippen MR) is 97.3 cm³/mol. The zero-order valence-electron chi connectivity index (χ0n) is 15.4. The zero-order chi connectivity index (χ0) is 20.0. The lowest BCUT2D eigenvalue weighted by Crippen LogP contribution is -2.53. The molecule has 10 heteroatoms. The molecule has 1 fully saturated rings. The third-order valence-electron chi connectivity index (χ3n) is 4.13. The Labute approximate surface area is 158 Å². The van der Waals surface area contributed by atoms with Crippen molar-refractivity contribution in [1.29, 1.82) is 0 Å². The summed E-state index contributed by atoms with van der Waals surface area (Å²) in [6.45, 7) is 3.66. The number of carbonyl (C=O) groups excluding carboxylic acids is 2. The summed E-state index contributed by atoms with van der Waals surface area (Å²) in [6.07, 6.45) is -0.371. The molecule has 9 nitrogen and oxygen atoms in total. The highest BCUT2D eigenvalue weighted by Crippen LogP contribution is 2.25. The molecule has 1 aliphatic heterocycles. The monoisotopic (exact) mass is 399 g/mol. The van der Waals surface area contributed by atoms with Gasteiger partial charge in [-0.1, -0.05) is 12.1 Å². The highest BCUT2D eigenvalue weighted by Gasteiger charge is 2.35. The van der Waals surface area contributed by atoms with Crippen molar-refractivity contribution in [2.24, 2.45) is 0 Å². The Morgan fingerprint density at radius 3 is 2.67 bits per heavy atom. The van der Waals surface area contributed by atoms with E-state index in [4.69, 9.17) is 9.84 Å². The number of aryl methyl sites for hydroxylation is 2. The number of carbonyl (C=O) groups is 2. The minimum absolute atomic E-state index is 0.0423. The van der Waals surface area contributed by atoms with Crippen LogP contribution in [-0.4, -0.2) is 68.7 Å². The molecule has 0 spiro atoms. The average Bonchev–Trinajstić information content (AvgIpc) is 2.66. The second-order valence-electron chi connectivity index (χ2n) is 6.25. The van der Waals surface area contributed by atoms with E-state index in [1.54, 1.807) is 19.1 Å². The fourth-order valence-corrected chi connectivity index (χ4v) is 4.60. The quantitative estimate of drug-likeness (QED) is 0.542. The molecule has 1 unspecified atom stereocenters. The number of hydrogen-bond acceptors (Lipinski definition) is 6. The van der Waals surface area contributed by atoms with Crippen LogP contribution >= 0.6 is 0 Å². The van der Waals surface area contributed by atoms with Gasteiger partial charge in [-0.05, 0) is 37.5 Å². The first-order valence-corrected chi connectivity index (χ1v) is 10.1. The molecule has 0 saturated carbocycles. The van der Waals surface area contributed by atoms with E-state index in [9.17, 15) is 18.0 Å². The Kier molecular flexibility index (Phi) is 7.31. The van der Waals surface area contributed by atoms with Crippen LogP contribution in [0.3, 0.4) is 0 Å². The molecular formula is C17H25N3O6S. The molecule has 1 aromatic rings. The molecule has 1 saturated heterocycles. The molecule has 1 atom stereocenters. The number of ether oxygens (including phenoxy) is 1. The van der Waals surface area contributed by atoms with Crippen molar-refractivity contribution < 1.29 is 27.9 Å². The van der Waals surface area contributed by atoms with Crippen LogP contribution in [0.2, 0.25) is 0 Å². The predicted octanol–water partition coefficient (Wildman–Crippen LogP) is -0.735. The third kappa shape index (κ3) is 5.25. The summed E-state index contributed by atoms with van der Waals surface area (Å²) < 4.78 is 33.0. The minimum Gasteiger partial charge on any atom is -0.395 e.